The summed E-state index contributed by atoms with van der Waals surface area (Å²) < 4.78 is 54.5. The highest BCUT2D eigenvalue weighted by molar-refractivity contribution is 7.94. The molecule has 0 aliphatic rings. The van der Waals surface area contributed by atoms with E-state index in [0.29, 0.717) is 0 Å². The van der Waals surface area contributed by atoms with Crippen LogP contribution in [0.1, 0.15) is 0 Å². The Morgan fingerprint density at radius 1 is 1.18 bits per heavy atom. The summed E-state index contributed by atoms with van der Waals surface area (Å²) in [5.74, 6) is 0. The quantitative estimate of drug-likeness (QED) is 0.627. The van der Waals surface area contributed by atoms with E-state index in [2.05, 4.69) is 0 Å². The third-order valence-electron chi connectivity index (χ3n) is 0.488. The minimum Gasteiger partial charge on any atom is -0.282 e. The van der Waals surface area contributed by atoms with Gasteiger partial charge in [-0.15, -0.1) is 0 Å². The zero-order chi connectivity index (χ0) is 9.28. The second-order valence-electron chi connectivity index (χ2n) is 1.41. The molecule has 0 aromatic rings. The Labute approximate surface area is 68.0 Å². The van der Waals surface area contributed by atoms with Gasteiger partial charge in [0.2, 0.25) is 0 Å². The summed E-state index contributed by atoms with van der Waals surface area (Å²) in [7, 11) is -9.39. The number of rotatable bonds is 2. The minimum atomic E-state index is -4.75. The van der Waals surface area contributed by atoms with E-state index in [9.17, 15) is 16.8 Å². The first-order valence-electron chi connectivity index (χ1n) is 1.95. The zero-order valence-corrected chi connectivity index (χ0v) is 7.19. The molecule has 2 N–H and O–H groups in total. The van der Waals surface area contributed by atoms with Crippen molar-refractivity contribution >= 4 is 31.8 Å². The third-order valence-corrected chi connectivity index (χ3v) is 2.60. The zero-order valence-electron chi connectivity index (χ0n) is 4.80. The monoisotopic (exact) mass is 222 g/mol. The van der Waals surface area contributed by atoms with Crippen LogP contribution >= 0.6 is 11.6 Å². The van der Waals surface area contributed by atoms with Crippen molar-refractivity contribution in [1.82, 2.24) is 0 Å². The molecule has 9 heteroatoms. The van der Waals surface area contributed by atoms with E-state index in [1.54, 1.807) is 0 Å². The lowest BCUT2D eigenvalue weighted by molar-refractivity contribution is 0.487. The fourth-order valence-electron chi connectivity index (χ4n) is 0.178. The summed E-state index contributed by atoms with van der Waals surface area (Å²) in [6, 6.07) is 0. The van der Waals surface area contributed by atoms with Gasteiger partial charge in [0, 0.05) is 0 Å². The molecule has 0 heterocycles. The molecule has 0 bridgehead atoms. The van der Waals surface area contributed by atoms with E-state index in [4.69, 9.17) is 20.7 Å². The molecular weight excluding hydrogens is 220 g/mol. The van der Waals surface area contributed by atoms with Crippen LogP contribution in [-0.2, 0) is 20.2 Å². The smallest absolute Gasteiger partial charge is 0.282 e. The summed E-state index contributed by atoms with van der Waals surface area (Å²) in [5, 5.41) is -0.191. The highest BCUT2D eigenvalue weighted by Gasteiger charge is 2.14. The standard InChI is InChI=1S/C2H3ClO6S2/c3-2(11(7,8)9)1-10(4,5)6/h1H,(H,4,5,6)(H,7,8,9). The van der Waals surface area contributed by atoms with Crippen LogP contribution in [0.15, 0.2) is 9.77 Å². The summed E-state index contributed by atoms with van der Waals surface area (Å²) >= 11 is 4.73. The van der Waals surface area contributed by atoms with Crippen molar-refractivity contribution in [3.05, 3.63) is 9.77 Å². The van der Waals surface area contributed by atoms with Gasteiger partial charge in [-0.05, 0) is 0 Å². The highest BCUT2D eigenvalue weighted by atomic mass is 35.5. The Bertz CT molecular complexity index is 359. The maximum atomic E-state index is 9.99. The second kappa shape index (κ2) is 3.07. The van der Waals surface area contributed by atoms with Gasteiger partial charge in [0.15, 0.2) is 4.36 Å². The maximum absolute atomic E-state index is 9.99. The van der Waals surface area contributed by atoms with Crippen LogP contribution in [0.25, 0.3) is 0 Å². The van der Waals surface area contributed by atoms with Crippen molar-refractivity contribution in [2.75, 3.05) is 0 Å². The molecule has 0 aromatic carbocycles. The van der Waals surface area contributed by atoms with Crippen LogP contribution in [-0.4, -0.2) is 25.9 Å². The van der Waals surface area contributed by atoms with Crippen LogP contribution in [0, 0.1) is 0 Å². The molecule has 11 heavy (non-hydrogen) atoms. The Hall–Kier alpha value is -0.150. The van der Waals surface area contributed by atoms with Gasteiger partial charge in [-0.1, -0.05) is 11.6 Å². The summed E-state index contributed by atoms with van der Waals surface area (Å²) in [6.07, 6.45) is 0. The normalized spacial score (nSPS) is 15.0. The van der Waals surface area contributed by atoms with Crippen molar-refractivity contribution in [2.45, 2.75) is 0 Å². The molecule has 0 aliphatic heterocycles. The lowest BCUT2D eigenvalue weighted by Crippen LogP contribution is -2.00. The van der Waals surface area contributed by atoms with E-state index in [0.717, 1.165) is 0 Å². The van der Waals surface area contributed by atoms with Gasteiger partial charge in [-0.3, -0.25) is 9.11 Å². The van der Waals surface area contributed by atoms with Crippen molar-refractivity contribution in [3.63, 3.8) is 0 Å². The topological polar surface area (TPSA) is 109 Å². The van der Waals surface area contributed by atoms with Gasteiger partial charge < -0.3 is 0 Å². The molecule has 66 valence electrons. The summed E-state index contributed by atoms with van der Waals surface area (Å²) in [5.41, 5.74) is 0. The first-order valence-corrected chi connectivity index (χ1v) is 5.27. The fraction of sp³-hybridized carbons (Fsp3) is 0. The third kappa shape index (κ3) is 5.16. The molecule has 0 saturated heterocycles. The van der Waals surface area contributed by atoms with Gasteiger partial charge in [-0.2, -0.15) is 16.8 Å². The van der Waals surface area contributed by atoms with E-state index < -0.39 is 24.6 Å². The van der Waals surface area contributed by atoms with Crippen molar-refractivity contribution in [1.29, 1.82) is 0 Å². The molecule has 0 unspecified atom stereocenters. The molecular formula is C2H3ClO6S2. The highest BCUT2D eigenvalue weighted by Crippen LogP contribution is 2.10. The molecule has 0 fully saturated rings. The van der Waals surface area contributed by atoms with E-state index in [-0.39, 0.29) is 5.41 Å². The molecule has 6 nitrogen and oxygen atoms in total. The molecule has 0 aromatic heterocycles. The van der Waals surface area contributed by atoms with Crippen LogP contribution in [0.5, 0.6) is 0 Å². The Morgan fingerprint density at radius 3 is 1.64 bits per heavy atom. The first kappa shape index (κ1) is 10.8. The minimum absolute atomic E-state index is 0.191. The lowest BCUT2D eigenvalue weighted by Gasteiger charge is -1.90. The SMILES string of the molecule is O=S(=O)(O)C=C(Cl)S(=O)(=O)O. The number of hydrogen-bond acceptors (Lipinski definition) is 4. The number of halogens is 1. The lowest BCUT2D eigenvalue weighted by atomic mass is 11.2. The first-order chi connectivity index (χ1) is 4.63. The van der Waals surface area contributed by atoms with E-state index in [1.165, 1.54) is 0 Å². The van der Waals surface area contributed by atoms with Crippen LogP contribution in [0.3, 0.4) is 0 Å². The Morgan fingerprint density at radius 2 is 1.55 bits per heavy atom. The number of hydrogen-bond donors (Lipinski definition) is 2. The van der Waals surface area contributed by atoms with Crippen molar-refractivity contribution < 1.29 is 25.9 Å². The summed E-state index contributed by atoms with van der Waals surface area (Å²) in [6.45, 7) is 0. The predicted octanol–water partition coefficient (Wildman–Crippen LogP) is -0.200. The average molecular weight is 223 g/mol. The molecule has 0 aliphatic carbocycles. The molecule has 0 spiro atoms. The van der Waals surface area contributed by atoms with Gasteiger partial charge in [-0.25, -0.2) is 0 Å². The Balaban J connectivity index is 5.11. The molecule has 0 saturated carbocycles. The summed E-state index contributed by atoms with van der Waals surface area (Å²) in [4.78, 5) is 0. The molecule has 0 atom stereocenters. The second-order valence-corrected chi connectivity index (χ2v) is 4.70. The van der Waals surface area contributed by atoms with Crippen LogP contribution in [0.2, 0.25) is 0 Å². The van der Waals surface area contributed by atoms with Gasteiger partial charge in [0.05, 0.1) is 5.41 Å². The Kier molecular flexibility index (Phi) is 3.03. The van der Waals surface area contributed by atoms with Gasteiger partial charge >= 0.3 is 10.1 Å². The molecule has 0 rings (SSSR count). The van der Waals surface area contributed by atoms with Crippen LogP contribution in [0.4, 0.5) is 0 Å². The van der Waals surface area contributed by atoms with Crippen LogP contribution < -0.4 is 0 Å². The molecule has 0 amide bonds. The van der Waals surface area contributed by atoms with E-state index >= 15 is 0 Å². The largest absolute Gasteiger partial charge is 0.306 e. The van der Waals surface area contributed by atoms with Crippen molar-refractivity contribution in [3.8, 4) is 0 Å². The van der Waals surface area contributed by atoms with E-state index in [1.807, 2.05) is 0 Å². The molecule has 0 radical (unpaired) electrons. The van der Waals surface area contributed by atoms with Crippen molar-refractivity contribution in [2.24, 2.45) is 0 Å². The maximum Gasteiger partial charge on any atom is 0.306 e. The van der Waals surface area contributed by atoms with Gasteiger partial charge in [0.1, 0.15) is 0 Å². The fourth-order valence-corrected chi connectivity index (χ4v) is 1.60. The predicted molar refractivity (Wildman–Crippen MR) is 37.0 cm³/mol. The van der Waals surface area contributed by atoms with Gasteiger partial charge in [0.25, 0.3) is 10.1 Å². The average Bonchev–Trinajstić information content (AvgIpc) is 1.56.